The van der Waals surface area contributed by atoms with Gasteiger partial charge < -0.3 is 10.0 Å². The Morgan fingerprint density at radius 2 is 1.51 bits per heavy atom. The van der Waals surface area contributed by atoms with Gasteiger partial charge in [0.15, 0.2) is 0 Å². The largest absolute Gasteiger partial charge is 0.388 e. The number of amides is 1. The Labute approximate surface area is 219 Å². The lowest BCUT2D eigenvalue weighted by Crippen LogP contribution is -2.55. The molecule has 188 valence electrons. The third-order valence-electron chi connectivity index (χ3n) is 6.98. The molecule has 37 heavy (non-hydrogen) atoms. The molecule has 5 rings (SSSR count). The number of rotatable bonds is 8. The molecule has 1 aliphatic heterocycles. The number of carbonyl (C=O) groups is 1. The summed E-state index contributed by atoms with van der Waals surface area (Å²) in [5.74, 6) is -1.10. The molecule has 0 aliphatic carbocycles. The second kappa shape index (κ2) is 10.9. The van der Waals surface area contributed by atoms with Crippen LogP contribution in [0.15, 0.2) is 102 Å². The Hall–Kier alpha value is -3.48. The predicted molar refractivity (Wildman–Crippen MR) is 144 cm³/mol. The van der Waals surface area contributed by atoms with Gasteiger partial charge in [-0.15, -0.1) is 11.8 Å². The van der Waals surface area contributed by atoms with Crippen LogP contribution in [0.4, 0.5) is 14.5 Å². The van der Waals surface area contributed by atoms with E-state index in [0.29, 0.717) is 24.1 Å². The van der Waals surface area contributed by atoms with Crippen molar-refractivity contribution in [2.75, 3.05) is 11.2 Å². The van der Waals surface area contributed by atoms with Gasteiger partial charge in [-0.3, -0.25) is 4.79 Å². The molecule has 4 aromatic rings. The van der Waals surface area contributed by atoms with Crippen LogP contribution in [0.25, 0.3) is 11.1 Å². The summed E-state index contributed by atoms with van der Waals surface area (Å²) in [6, 6.07) is 28.0. The van der Waals surface area contributed by atoms with Crippen LogP contribution in [0.1, 0.15) is 36.1 Å². The SMILES string of the molecule is CSc1cccc(-c2ccc(C3C(CCC(O)c4ccc(F)cc4)C(=O)N3c3ccc(F)cc3)cc2)c1. The summed E-state index contributed by atoms with van der Waals surface area (Å²) >= 11 is 1.69. The fourth-order valence-electron chi connectivity index (χ4n) is 4.97. The molecule has 6 heteroatoms. The molecule has 3 nitrogen and oxygen atoms in total. The Morgan fingerprint density at radius 1 is 0.865 bits per heavy atom. The van der Waals surface area contributed by atoms with E-state index in [4.69, 9.17) is 0 Å². The summed E-state index contributed by atoms with van der Waals surface area (Å²) in [5.41, 5.74) is 4.45. The molecule has 1 aliphatic rings. The standard InChI is InChI=1S/C31H27F2NO2S/c1-37-27-4-2-3-23(19-27)20-5-7-22(8-6-20)30-28(17-18-29(35)21-9-11-24(32)12-10-21)31(36)34(30)26-15-13-25(33)14-16-26/h2-16,19,28-30,35H,17-18H2,1H3. The Bertz CT molecular complexity index is 1370. The zero-order valence-corrected chi connectivity index (χ0v) is 21.2. The maximum absolute atomic E-state index is 13.6. The summed E-state index contributed by atoms with van der Waals surface area (Å²) in [7, 11) is 0. The number of benzene rings is 4. The molecule has 1 amide bonds. The summed E-state index contributed by atoms with van der Waals surface area (Å²) in [6.07, 6.45) is 2.10. The molecule has 0 aromatic heterocycles. The normalized spacial score (nSPS) is 17.9. The summed E-state index contributed by atoms with van der Waals surface area (Å²) in [5, 5.41) is 10.7. The van der Waals surface area contributed by atoms with Crippen LogP contribution in [0.5, 0.6) is 0 Å². The molecule has 0 radical (unpaired) electrons. The molecule has 0 saturated carbocycles. The number of aliphatic hydroxyl groups excluding tert-OH is 1. The Kier molecular flexibility index (Phi) is 7.40. The number of nitrogens with zero attached hydrogens (tertiary/aromatic N) is 1. The first kappa shape index (κ1) is 25.2. The first-order chi connectivity index (χ1) is 17.9. The first-order valence-corrected chi connectivity index (χ1v) is 13.4. The minimum absolute atomic E-state index is 0.0559. The quantitative estimate of drug-likeness (QED) is 0.194. The highest BCUT2D eigenvalue weighted by molar-refractivity contribution is 7.98. The fraction of sp³-hybridized carbons (Fsp3) is 0.194. The van der Waals surface area contributed by atoms with Crippen molar-refractivity contribution in [3.63, 3.8) is 0 Å². The predicted octanol–water partition coefficient (Wildman–Crippen LogP) is 7.57. The van der Waals surface area contributed by atoms with E-state index in [1.165, 1.54) is 29.2 Å². The molecule has 1 N–H and O–H groups in total. The van der Waals surface area contributed by atoms with Crippen molar-refractivity contribution in [1.29, 1.82) is 0 Å². The van der Waals surface area contributed by atoms with Crippen LogP contribution in [-0.2, 0) is 4.79 Å². The second-order valence-corrected chi connectivity index (χ2v) is 10.1. The maximum atomic E-state index is 13.6. The number of halogens is 2. The second-order valence-electron chi connectivity index (χ2n) is 9.23. The smallest absolute Gasteiger partial charge is 0.233 e. The van der Waals surface area contributed by atoms with Crippen LogP contribution in [-0.4, -0.2) is 17.3 Å². The van der Waals surface area contributed by atoms with E-state index in [2.05, 4.69) is 30.3 Å². The molecule has 0 bridgehead atoms. The van der Waals surface area contributed by atoms with Gasteiger partial charge in [-0.25, -0.2) is 8.78 Å². The van der Waals surface area contributed by atoms with E-state index in [1.54, 1.807) is 40.9 Å². The van der Waals surface area contributed by atoms with Gasteiger partial charge in [0.05, 0.1) is 18.1 Å². The molecule has 1 heterocycles. The number of aliphatic hydroxyl groups is 1. The Morgan fingerprint density at radius 3 is 2.16 bits per heavy atom. The molecule has 3 atom stereocenters. The van der Waals surface area contributed by atoms with Crippen molar-refractivity contribution in [3.05, 3.63) is 120 Å². The van der Waals surface area contributed by atoms with Crippen LogP contribution in [0.2, 0.25) is 0 Å². The number of carbonyl (C=O) groups excluding carboxylic acids is 1. The van der Waals surface area contributed by atoms with Gasteiger partial charge >= 0.3 is 0 Å². The van der Waals surface area contributed by atoms with E-state index in [1.807, 2.05) is 24.5 Å². The lowest BCUT2D eigenvalue weighted by atomic mass is 9.78. The van der Waals surface area contributed by atoms with Gasteiger partial charge in [0.25, 0.3) is 0 Å². The van der Waals surface area contributed by atoms with Gasteiger partial charge in [-0.1, -0.05) is 48.5 Å². The van der Waals surface area contributed by atoms with Gasteiger partial charge in [-0.05, 0) is 89.9 Å². The Balaban J connectivity index is 1.40. The van der Waals surface area contributed by atoms with E-state index in [0.717, 1.165) is 16.7 Å². The van der Waals surface area contributed by atoms with Crippen LogP contribution in [0.3, 0.4) is 0 Å². The molecule has 1 saturated heterocycles. The maximum Gasteiger partial charge on any atom is 0.233 e. The van der Waals surface area contributed by atoms with Gasteiger partial charge in [-0.2, -0.15) is 0 Å². The van der Waals surface area contributed by atoms with Crippen LogP contribution >= 0.6 is 11.8 Å². The minimum Gasteiger partial charge on any atom is -0.388 e. The van der Waals surface area contributed by atoms with Crippen LogP contribution in [0, 0.1) is 17.6 Å². The topological polar surface area (TPSA) is 40.5 Å². The monoisotopic (exact) mass is 515 g/mol. The van der Waals surface area contributed by atoms with Crippen LogP contribution < -0.4 is 4.90 Å². The first-order valence-electron chi connectivity index (χ1n) is 12.2. The van der Waals surface area contributed by atoms with Gasteiger partial charge in [0.2, 0.25) is 5.91 Å². The highest BCUT2D eigenvalue weighted by Gasteiger charge is 2.48. The highest BCUT2D eigenvalue weighted by Crippen LogP contribution is 2.46. The van der Waals surface area contributed by atoms with E-state index in [-0.39, 0.29) is 29.5 Å². The van der Waals surface area contributed by atoms with Gasteiger partial charge in [0, 0.05) is 10.6 Å². The van der Waals surface area contributed by atoms with Crippen molar-refractivity contribution in [2.24, 2.45) is 5.92 Å². The molecule has 0 spiro atoms. The number of β-lactam (4-membered cyclic amide) rings is 1. The summed E-state index contributed by atoms with van der Waals surface area (Å²) in [6.45, 7) is 0. The van der Waals surface area contributed by atoms with E-state index < -0.39 is 6.10 Å². The third-order valence-corrected chi connectivity index (χ3v) is 7.71. The van der Waals surface area contributed by atoms with Crippen molar-refractivity contribution >= 4 is 23.4 Å². The van der Waals surface area contributed by atoms with Crippen molar-refractivity contribution in [1.82, 2.24) is 0 Å². The highest BCUT2D eigenvalue weighted by atomic mass is 32.2. The van der Waals surface area contributed by atoms with Crippen molar-refractivity contribution in [2.45, 2.75) is 29.9 Å². The molecule has 1 fully saturated rings. The van der Waals surface area contributed by atoms with Crippen molar-refractivity contribution < 1.29 is 18.7 Å². The van der Waals surface area contributed by atoms with Crippen molar-refractivity contribution in [3.8, 4) is 11.1 Å². The number of thioether (sulfide) groups is 1. The zero-order valence-electron chi connectivity index (χ0n) is 20.4. The van der Waals surface area contributed by atoms with E-state index >= 15 is 0 Å². The number of hydrogen-bond donors (Lipinski definition) is 1. The zero-order chi connectivity index (χ0) is 25.9. The molecular weight excluding hydrogens is 488 g/mol. The van der Waals surface area contributed by atoms with Gasteiger partial charge in [0.1, 0.15) is 11.6 Å². The summed E-state index contributed by atoms with van der Waals surface area (Å²) in [4.78, 5) is 16.2. The fourth-order valence-corrected chi connectivity index (χ4v) is 5.42. The lowest BCUT2D eigenvalue weighted by molar-refractivity contribution is -0.131. The molecule has 4 aromatic carbocycles. The molecule has 3 unspecified atom stereocenters. The molecular formula is C31H27F2NO2S. The average molecular weight is 516 g/mol. The lowest BCUT2D eigenvalue weighted by Gasteiger charge is -2.48. The number of hydrogen-bond acceptors (Lipinski definition) is 3. The minimum atomic E-state index is -0.792. The number of anilines is 1. The third kappa shape index (κ3) is 5.31. The average Bonchev–Trinajstić information content (AvgIpc) is 2.93. The summed E-state index contributed by atoms with van der Waals surface area (Å²) < 4.78 is 26.8. The van der Waals surface area contributed by atoms with E-state index in [9.17, 15) is 18.7 Å².